The Morgan fingerprint density at radius 3 is 2.53 bits per heavy atom. The third kappa shape index (κ3) is 2.40. The maximum atomic E-state index is 5.36. The monoisotopic (exact) mass is 208 g/mol. The van der Waals surface area contributed by atoms with Crippen LogP contribution in [0.3, 0.4) is 0 Å². The van der Waals surface area contributed by atoms with E-state index in [0.29, 0.717) is 5.92 Å². The molecule has 0 unspecified atom stereocenters. The third-order valence-electron chi connectivity index (χ3n) is 3.03. The molecule has 1 N–H and O–H groups in total. The van der Waals surface area contributed by atoms with E-state index in [0.717, 1.165) is 31.7 Å². The molecule has 0 radical (unpaired) electrons. The number of aromatic nitrogens is 2. The molecule has 2 rings (SSSR count). The van der Waals surface area contributed by atoms with Crippen molar-refractivity contribution in [2.45, 2.75) is 44.9 Å². The summed E-state index contributed by atoms with van der Waals surface area (Å²) in [6, 6.07) is 2.22. The van der Waals surface area contributed by atoms with Gasteiger partial charge in [0.2, 0.25) is 0 Å². The van der Waals surface area contributed by atoms with E-state index in [1.807, 2.05) is 0 Å². The Morgan fingerprint density at radius 2 is 2.00 bits per heavy atom. The van der Waals surface area contributed by atoms with Crippen LogP contribution >= 0.6 is 0 Å². The normalized spacial score (nSPS) is 19.4. The van der Waals surface area contributed by atoms with Crippen molar-refractivity contribution in [1.29, 1.82) is 0 Å². The average molecular weight is 208 g/mol. The Kier molecular flexibility index (Phi) is 2.83. The van der Waals surface area contributed by atoms with Crippen LogP contribution in [0.25, 0.3) is 0 Å². The van der Waals surface area contributed by atoms with E-state index in [2.05, 4.69) is 37.0 Å². The Bertz CT molecular complexity index is 319. The third-order valence-corrected chi connectivity index (χ3v) is 3.03. The topological polar surface area (TPSA) is 37.9 Å². The first kappa shape index (κ1) is 10.7. The molecule has 1 aliphatic heterocycles. The van der Waals surface area contributed by atoms with Crippen LogP contribution in [0.2, 0.25) is 0 Å². The zero-order chi connectivity index (χ0) is 10.9. The van der Waals surface area contributed by atoms with E-state index in [1.54, 1.807) is 0 Å². The molecule has 3 nitrogen and oxygen atoms in total. The Hall–Kier alpha value is -0.830. The number of nitrogens with zero attached hydrogens (tertiary/aromatic N) is 1. The van der Waals surface area contributed by atoms with Crippen molar-refractivity contribution in [2.75, 3.05) is 13.2 Å². The average Bonchev–Trinajstić information content (AvgIpc) is 2.67. The SMILES string of the molecule is CC(C)(C)c1cc(C2CCOCC2)[nH]n1. The lowest BCUT2D eigenvalue weighted by Gasteiger charge is -2.20. The lowest BCUT2D eigenvalue weighted by atomic mass is 9.90. The summed E-state index contributed by atoms with van der Waals surface area (Å²) in [5.41, 5.74) is 2.58. The number of aromatic amines is 1. The van der Waals surface area contributed by atoms with Crippen LogP contribution in [0, 0.1) is 0 Å². The van der Waals surface area contributed by atoms with Crippen LogP contribution in [0.4, 0.5) is 0 Å². The summed E-state index contributed by atoms with van der Waals surface area (Å²) in [6.07, 6.45) is 2.23. The second-order valence-electron chi connectivity index (χ2n) is 5.35. The first-order chi connectivity index (χ1) is 7.07. The molecule has 0 saturated carbocycles. The maximum Gasteiger partial charge on any atom is 0.0678 e. The molecule has 0 aliphatic carbocycles. The predicted octanol–water partition coefficient (Wildman–Crippen LogP) is 2.60. The summed E-state index contributed by atoms with van der Waals surface area (Å²) in [5, 5.41) is 7.57. The predicted molar refractivity (Wildman–Crippen MR) is 60.1 cm³/mol. The Labute approximate surface area is 91.2 Å². The summed E-state index contributed by atoms with van der Waals surface area (Å²) in [6.45, 7) is 8.34. The molecule has 1 aromatic rings. The van der Waals surface area contributed by atoms with Gasteiger partial charge in [-0.15, -0.1) is 0 Å². The van der Waals surface area contributed by atoms with Gasteiger partial charge in [-0.05, 0) is 18.9 Å². The molecular formula is C12H20N2O. The second kappa shape index (κ2) is 3.97. The van der Waals surface area contributed by atoms with Crippen LogP contribution in [-0.4, -0.2) is 23.4 Å². The number of ether oxygens (including phenoxy) is 1. The van der Waals surface area contributed by atoms with Crippen LogP contribution in [-0.2, 0) is 10.2 Å². The van der Waals surface area contributed by atoms with Crippen molar-refractivity contribution in [3.8, 4) is 0 Å². The highest BCUT2D eigenvalue weighted by molar-refractivity contribution is 5.19. The van der Waals surface area contributed by atoms with E-state index in [4.69, 9.17) is 4.74 Å². The zero-order valence-electron chi connectivity index (χ0n) is 9.84. The van der Waals surface area contributed by atoms with Crippen molar-refractivity contribution < 1.29 is 4.74 Å². The number of nitrogens with one attached hydrogen (secondary N) is 1. The molecule has 0 bridgehead atoms. The van der Waals surface area contributed by atoms with Gasteiger partial charge in [-0.3, -0.25) is 5.10 Å². The van der Waals surface area contributed by atoms with E-state index < -0.39 is 0 Å². The number of rotatable bonds is 1. The smallest absolute Gasteiger partial charge is 0.0678 e. The Balaban J connectivity index is 2.12. The summed E-state index contributed by atoms with van der Waals surface area (Å²) in [4.78, 5) is 0. The van der Waals surface area contributed by atoms with Crippen molar-refractivity contribution >= 4 is 0 Å². The van der Waals surface area contributed by atoms with Gasteiger partial charge in [0.15, 0.2) is 0 Å². The fourth-order valence-electron chi connectivity index (χ4n) is 1.94. The van der Waals surface area contributed by atoms with Crippen LogP contribution < -0.4 is 0 Å². The molecule has 0 aromatic carbocycles. The molecule has 3 heteroatoms. The molecule has 84 valence electrons. The van der Waals surface area contributed by atoms with Gasteiger partial charge in [-0.1, -0.05) is 20.8 Å². The highest BCUT2D eigenvalue weighted by Gasteiger charge is 2.22. The van der Waals surface area contributed by atoms with Gasteiger partial charge < -0.3 is 4.74 Å². The molecule has 1 saturated heterocycles. The highest BCUT2D eigenvalue weighted by Crippen LogP contribution is 2.28. The minimum atomic E-state index is 0.139. The number of H-pyrrole nitrogens is 1. The summed E-state index contributed by atoms with van der Waals surface area (Å²) in [5.74, 6) is 0.613. The van der Waals surface area contributed by atoms with Crippen LogP contribution in [0.5, 0.6) is 0 Å². The van der Waals surface area contributed by atoms with Gasteiger partial charge in [-0.2, -0.15) is 5.10 Å². The lowest BCUT2D eigenvalue weighted by Crippen LogP contribution is -2.14. The van der Waals surface area contributed by atoms with Gasteiger partial charge in [-0.25, -0.2) is 0 Å². The van der Waals surface area contributed by atoms with Gasteiger partial charge >= 0.3 is 0 Å². The molecule has 0 amide bonds. The van der Waals surface area contributed by atoms with E-state index in [-0.39, 0.29) is 5.41 Å². The summed E-state index contributed by atoms with van der Waals surface area (Å²) in [7, 11) is 0. The molecule has 0 atom stereocenters. The first-order valence-corrected chi connectivity index (χ1v) is 5.71. The molecule has 2 heterocycles. The van der Waals surface area contributed by atoms with E-state index >= 15 is 0 Å². The van der Waals surface area contributed by atoms with Gasteiger partial charge in [0.1, 0.15) is 0 Å². The van der Waals surface area contributed by atoms with E-state index in [9.17, 15) is 0 Å². The molecule has 1 aliphatic rings. The number of hydrogen-bond acceptors (Lipinski definition) is 2. The van der Waals surface area contributed by atoms with Crippen molar-refractivity contribution in [1.82, 2.24) is 10.2 Å². The van der Waals surface area contributed by atoms with Gasteiger partial charge in [0, 0.05) is 30.2 Å². The summed E-state index contributed by atoms with van der Waals surface area (Å²) >= 11 is 0. The number of hydrogen-bond donors (Lipinski definition) is 1. The standard InChI is InChI=1S/C12H20N2O/c1-12(2,3)11-8-10(13-14-11)9-4-6-15-7-5-9/h8-9H,4-7H2,1-3H3,(H,13,14). The van der Waals surface area contributed by atoms with Crippen molar-refractivity contribution in [3.63, 3.8) is 0 Å². The zero-order valence-corrected chi connectivity index (χ0v) is 9.84. The van der Waals surface area contributed by atoms with E-state index in [1.165, 1.54) is 5.69 Å². The van der Waals surface area contributed by atoms with Gasteiger partial charge in [0.05, 0.1) is 5.69 Å². The van der Waals surface area contributed by atoms with Gasteiger partial charge in [0.25, 0.3) is 0 Å². The van der Waals surface area contributed by atoms with Crippen molar-refractivity contribution in [2.24, 2.45) is 0 Å². The molecule has 15 heavy (non-hydrogen) atoms. The largest absolute Gasteiger partial charge is 0.381 e. The molecular weight excluding hydrogens is 188 g/mol. The molecule has 1 fully saturated rings. The first-order valence-electron chi connectivity index (χ1n) is 5.71. The second-order valence-corrected chi connectivity index (χ2v) is 5.35. The minimum absolute atomic E-state index is 0.139. The quantitative estimate of drug-likeness (QED) is 0.770. The Morgan fingerprint density at radius 1 is 1.33 bits per heavy atom. The minimum Gasteiger partial charge on any atom is -0.381 e. The fourth-order valence-corrected chi connectivity index (χ4v) is 1.94. The maximum absolute atomic E-state index is 5.36. The molecule has 0 spiro atoms. The van der Waals surface area contributed by atoms with Crippen LogP contribution in [0.15, 0.2) is 6.07 Å². The fraction of sp³-hybridized carbons (Fsp3) is 0.750. The van der Waals surface area contributed by atoms with Crippen LogP contribution in [0.1, 0.15) is 50.9 Å². The molecule has 1 aromatic heterocycles. The van der Waals surface area contributed by atoms with Crippen molar-refractivity contribution in [3.05, 3.63) is 17.5 Å². The summed E-state index contributed by atoms with van der Waals surface area (Å²) < 4.78 is 5.36. The highest BCUT2D eigenvalue weighted by atomic mass is 16.5. The lowest BCUT2D eigenvalue weighted by molar-refractivity contribution is 0.0845.